The molecule has 0 radical (unpaired) electrons. The largest absolute Gasteiger partial charge is 0.352 e. The van der Waals surface area contributed by atoms with Gasteiger partial charge in [0.15, 0.2) is 17.0 Å². The van der Waals surface area contributed by atoms with Gasteiger partial charge in [-0.05, 0) is 38.9 Å². The monoisotopic (exact) mass is 455 g/mol. The predicted molar refractivity (Wildman–Crippen MR) is 134 cm³/mol. The van der Waals surface area contributed by atoms with E-state index in [2.05, 4.69) is 42.9 Å². The second kappa shape index (κ2) is 10.5. The van der Waals surface area contributed by atoms with Gasteiger partial charge in [0.25, 0.3) is 0 Å². The Bertz CT molecular complexity index is 891. The first-order chi connectivity index (χ1) is 16.2. The number of fused-ring (bicyclic) bond motifs is 1. The number of piperazine rings is 2. The normalized spacial score (nSPS) is 21.5. The molecule has 0 N–H and O–H groups in total. The van der Waals surface area contributed by atoms with Crippen molar-refractivity contribution < 1.29 is 0 Å². The summed E-state index contributed by atoms with van der Waals surface area (Å²) in [7, 11) is 0. The van der Waals surface area contributed by atoms with E-state index in [9.17, 15) is 0 Å². The number of aryl methyl sites for hydroxylation is 1. The summed E-state index contributed by atoms with van der Waals surface area (Å²) >= 11 is 0. The Hall–Kier alpha value is -1.97. The van der Waals surface area contributed by atoms with Crippen molar-refractivity contribution in [3.8, 4) is 0 Å². The smallest absolute Gasteiger partial charge is 0.229 e. The lowest BCUT2D eigenvalue weighted by atomic mass is 10.3. The van der Waals surface area contributed by atoms with Gasteiger partial charge in [0, 0.05) is 72.0 Å². The van der Waals surface area contributed by atoms with Gasteiger partial charge in [0.2, 0.25) is 5.95 Å². The zero-order valence-corrected chi connectivity index (χ0v) is 20.6. The molecule has 2 aromatic rings. The number of rotatable bonds is 8. The molecule has 3 aliphatic heterocycles. The zero-order valence-electron chi connectivity index (χ0n) is 20.6. The lowest BCUT2D eigenvalue weighted by Gasteiger charge is -2.35. The van der Waals surface area contributed by atoms with E-state index in [-0.39, 0.29) is 0 Å². The summed E-state index contributed by atoms with van der Waals surface area (Å²) in [6.45, 7) is 20.0. The second-order valence-corrected chi connectivity index (χ2v) is 9.70. The first kappa shape index (κ1) is 22.8. The summed E-state index contributed by atoms with van der Waals surface area (Å²) in [6, 6.07) is 0. The summed E-state index contributed by atoms with van der Waals surface area (Å²) in [5, 5.41) is 0. The van der Waals surface area contributed by atoms with Crippen molar-refractivity contribution in [1.82, 2.24) is 34.2 Å². The third-order valence-electron chi connectivity index (χ3n) is 7.73. The van der Waals surface area contributed by atoms with E-state index >= 15 is 0 Å². The van der Waals surface area contributed by atoms with Crippen molar-refractivity contribution >= 4 is 22.9 Å². The van der Waals surface area contributed by atoms with Crippen LogP contribution in [-0.2, 0) is 6.54 Å². The molecular formula is C24H41N9. The lowest BCUT2D eigenvalue weighted by molar-refractivity contribution is 0.135. The molecule has 0 unspecified atom stereocenters. The van der Waals surface area contributed by atoms with Crippen LogP contribution in [0.1, 0.15) is 33.1 Å². The molecule has 0 spiro atoms. The molecule has 5 heterocycles. The Morgan fingerprint density at radius 2 is 1.33 bits per heavy atom. The first-order valence-corrected chi connectivity index (χ1v) is 13.1. The van der Waals surface area contributed by atoms with Crippen molar-refractivity contribution in [3.63, 3.8) is 0 Å². The molecule has 3 fully saturated rings. The SMILES string of the molecule is CCN1CCN(CCCn2cnc3c(N4CCN(CC)CC4)nc(N4CCCC4)nc32)CC1. The van der Waals surface area contributed by atoms with Crippen molar-refractivity contribution in [2.45, 2.75) is 39.7 Å². The Balaban J connectivity index is 1.32. The van der Waals surface area contributed by atoms with Crippen LogP contribution >= 0.6 is 0 Å². The molecule has 2 aromatic heterocycles. The van der Waals surface area contributed by atoms with Crippen molar-refractivity contribution in [2.75, 3.05) is 94.9 Å². The van der Waals surface area contributed by atoms with Crippen LogP contribution in [0.3, 0.4) is 0 Å². The highest BCUT2D eigenvalue weighted by Crippen LogP contribution is 2.28. The van der Waals surface area contributed by atoms with Gasteiger partial charge < -0.3 is 29.1 Å². The van der Waals surface area contributed by atoms with Gasteiger partial charge >= 0.3 is 0 Å². The van der Waals surface area contributed by atoms with E-state index in [1.807, 2.05) is 6.33 Å². The van der Waals surface area contributed by atoms with Gasteiger partial charge in [-0.3, -0.25) is 0 Å². The van der Waals surface area contributed by atoms with E-state index in [4.69, 9.17) is 15.0 Å². The van der Waals surface area contributed by atoms with Crippen molar-refractivity contribution in [3.05, 3.63) is 6.33 Å². The minimum absolute atomic E-state index is 0.894. The quantitative estimate of drug-likeness (QED) is 0.595. The molecule has 3 saturated heterocycles. The fourth-order valence-electron chi connectivity index (χ4n) is 5.43. The molecule has 5 rings (SSSR count). The zero-order chi connectivity index (χ0) is 22.6. The summed E-state index contributed by atoms with van der Waals surface area (Å²) in [4.78, 5) is 27.4. The minimum Gasteiger partial charge on any atom is -0.352 e. The third kappa shape index (κ3) is 5.10. The lowest BCUT2D eigenvalue weighted by Crippen LogP contribution is -2.46. The molecule has 9 heteroatoms. The average Bonchev–Trinajstić information content (AvgIpc) is 3.55. The predicted octanol–water partition coefficient (Wildman–Crippen LogP) is 1.60. The summed E-state index contributed by atoms with van der Waals surface area (Å²) in [6.07, 6.45) is 5.59. The van der Waals surface area contributed by atoms with Gasteiger partial charge in [-0.2, -0.15) is 9.97 Å². The van der Waals surface area contributed by atoms with Gasteiger partial charge in [0.1, 0.15) is 0 Å². The first-order valence-electron chi connectivity index (χ1n) is 13.1. The molecule has 0 saturated carbocycles. The molecule has 0 atom stereocenters. The maximum absolute atomic E-state index is 5.07. The highest BCUT2D eigenvalue weighted by molar-refractivity contribution is 5.85. The maximum atomic E-state index is 5.07. The Morgan fingerprint density at radius 3 is 2.00 bits per heavy atom. The van der Waals surface area contributed by atoms with E-state index in [1.165, 1.54) is 45.6 Å². The molecule has 182 valence electrons. The Kier molecular flexibility index (Phi) is 7.27. The Labute approximate surface area is 198 Å². The molecule has 0 amide bonds. The van der Waals surface area contributed by atoms with Crippen LogP contribution in [-0.4, -0.2) is 119 Å². The number of nitrogens with zero attached hydrogens (tertiary/aromatic N) is 9. The fraction of sp³-hybridized carbons (Fsp3) is 0.792. The number of aromatic nitrogens is 4. The van der Waals surface area contributed by atoms with Crippen molar-refractivity contribution in [1.29, 1.82) is 0 Å². The number of hydrogen-bond acceptors (Lipinski definition) is 8. The number of hydrogen-bond donors (Lipinski definition) is 0. The van der Waals surface area contributed by atoms with Crippen LogP contribution in [0.25, 0.3) is 11.2 Å². The van der Waals surface area contributed by atoms with Gasteiger partial charge in [0.05, 0.1) is 6.33 Å². The molecule has 0 aliphatic carbocycles. The van der Waals surface area contributed by atoms with E-state index < -0.39 is 0 Å². The van der Waals surface area contributed by atoms with E-state index in [0.29, 0.717) is 0 Å². The maximum Gasteiger partial charge on any atom is 0.229 e. The van der Waals surface area contributed by atoms with Gasteiger partial charge in [-0.25, -0.2) is 4.98 Å². The summed E-state index contributed by atoms with van der Waals surface area (Å²) in [5.41, 5.74) is 1.98. The molecule has 9 nitrogen and oxygen atoms in total. The minimum atomic E-state index is 0.894. The van der Waals surface area contributed by atoms with Crippen LogP contribution < -0.4 is 9.80 Å². The highest BCUT2D eigenvalue weighted by Gasteiger charge is 2.25. The third-order valence-corrected chi connectivity index (χ3v) is 7.73. The van der Waals surface area contributed by atoms with Crippen molar-refractivity contribution in [2.24, 2.45) is 0 Å². The number of anilines is 2. The molecule has 0 bridgehead atoms. The molecular weight excluding hydrogens is 414 g/mol. The standard InChI is InChI=1S/C24H41N9/c1-3-28-12-14-30(15-13-28)8-7-11-33-20-25-21-22(31-18-16-29(4-2)17-19-31)26-24(27-23(21)33)32-9-5-6-10-32/h20H,3-19H2,1-2H3. The molecule has 33 heavy (non-hydrogen) atoms. The number of imidazole rings is 1. The van der Waals surface area contributed by atoms with Gasteiger partial charge in [-0.15, -0.1) is 0 Å². The summed E-state index contributed by atoms with van der Waals surface area (Å²) < 4.78 is 2.27. The van der Waals surface area contributed by atoms with E-state index in [0.717, 1.165) is 88.3 Å². The van der Waals surface area contributed by atoms with Crippen LogP contribution in [0.2, 0.25) is 0 Å². The van der Waals surface area contributed by atoms with Crippen LogP contribution in [0.15, 0.2) is 6.33 Å². The topological polar surface area (TPSA) is 59.8 Å². The van der Waals surface area contributed by atoms with E-state index in [1.54, 1.807) is 0 Å². The average molecular weight is 456 g/mol. The fourth-order valence-corrected chi connectivity index (χ4v) is 5.43. The number of likely N-dealkylation sites (N-methyl/N-ethyl adjacent to an activating group) is 2. The molecule has 0 aromatic carbocycles. The van der Waals surface area contributed by atoms with Gasteiger partial charge in [-0.1, -0.05) is 13.8 Å². The summed E-state index contributed by atoms with van der Waals surface area (Å²) in [5.74, 6) is 1.93. The molecule has 3 aliphatic rings. The highest BCUT2D eigenvalue weighted by atomic mass is 15.3. The van der Waals surface area contributed by atoms with Crippen LogP contribution in [0.4, 0.5) is 11.8 Å². The van der Waals surface area contributed by atoms with Crippen LogP contribution in [0, 0.1) is 0 Å². The van der Waals surface area contributed by atoms with Crippen LogP contribution in [0.5, 0.6) is 0 Å². The second-order valence-electron chi connectivity index (χ2n) is 9.70. The Morgan fingerprint density at radius 1 is 0.697 bits per heavy atom.